The largest absolute Gasteiger partial charge is 0.376 e. The lowest BCUT2D eigenvalue weighted by molar-refractivity contribution is -0.119. The van der Waals surface area contributed by atoms with Crippen LogP contribution in [0.3, 0.4) is 0 Å². The molecule has 1 atom stereocenters. The molecule has 0 aliphatic carbocycles. The first kappa shape index (κ1) is 21.0. The summed E-state index contributed by atoms with van der Waals surface area (Å²) < 4.78 is 5.57. The van der Waals surface area contributed by atoms with Crippen molar-refractivity contribution in [2.24, 2.45) is 0 Å². The number of hydrogen-bond acceptors (Lipinski definition) is 5. The molecule has 1 unspecified atom stereocenters. The summed E-state index contributed by atoms with van der Waals surface area (Å²) in [6.07, 6.45) is 4.31. The molecule has 0 saturated carbocycles. The number of amides is 1. The van der Waals surface area contributed by atoms with E-state index in [0.717, 1.165) is 47.1 Å². The van der Waals surface area contributed by atoms with E-state index in [1.54, 1.807) is 11.8 Å². The SMILES string of the molecule is CSc1ccc(-c2nc(SCC(=O)NCC3CCCO3)c(-c3ccccc3)[nH]2)cc1. The van der Waals surface area contributed by atoms with Gasteiger partial charge in [-0.1, -0.05) is 54.2 Å². The molecule has 1 saturated heterocycles. The molecule has 1 aromatic heterocycles. The number of ether oxygens (including phenoxy) is 1. The minimum Gasteiger partial charge on any atom is -0.376 e. The van der Waals surface area contributed by atoms with Crippen LogP contribution >= 0.6 is 23.5 Å². The Morgan fingerprint density at radius 1 is 1.17 bits per heavy atom. The molecule has 1 aliphatic heterocycles. The van der Waals surface area contributed by atoms with Gasteiger partial charge >= 0.3 is 0 Å². The summed E-state index contributed by atoms with van der Waals surface area (Å²) in [6.45, 7) is 1.38. The smallest absolute Gasteiger partial charge is 0.230 e. The second kappa shape index (κ2) is 10.2. The van der Waals surface area contributed by atoms with Crippen molar-refractivity contribution in [2.75, 3.05) is 25.2 Å². The Morgan fingerprint density at radius 3 is 2.67 bits per heavy atom. The van der Waals surface area contributed by atoms with Crippen molar-refractivity contribution in [1.82, 2.24) is 15.3 Å². The van der Waals surface area contributed by atoms with Gasteiger partial charge in [-0.2, -0.15) is 0 Å². The number of rotatable bonds is 8. The molecule has 156 valence electrons. The van der Waals surface area contributed by atoms with Crippen LogP contribution < -0.4 is 5.32 Å². The van der Waals surface area contributed by atoms with E-state index in [0.29, 0.717) is 12.3 Å². The summed E-state index contributed by atoms with van der Waals surface area (Å²) in [5.74, 6) is 1.13. The highest BCUT2D eigenvalue weighted by Crippen LogP contribution is 2.32. The highest BCUT2D eigenvalue weighted by Gasteiger charge is 2.18. The van der Waals surface area contributed by atoms with Crippen LogP contribution in [-0.4, -0.2) is 47.1 Å². The van der Waals surface area contributed by atoms with Gasteiger partial charge in [0.05, 0.1) is 17.6 Å². The van der Waals surface area contributed by atoms with Gasteiger partial charge in [-0.05, 0) is 31.2 Å². The molecule has 0 spiro atoms. The number of imidazole rings is 1. The number of nitrogens with zero attached hydrogens (tertiary/aromatic N) is 1. The lowest BCUT2D eigenvalue weighted by Gasteiger charge is -2.10. The predicted molar refractivity (Wildman–Crippen MR) is 124 cm³/mol. The van der Waals surface area contributed by atoms with Crippen LogP contribution in [0.25, 0.3) is 22.6 Å². The van der Waals surface area contributed by atoms with Crippen LogP contribution in [0.4, 0.5) is 0 Å². The van der Waals surface area contributed by atoms with Gasteiger partial charge < -0.3 is 15.0 Å². The summed E-state index contributed by atoms with van der Waals surface area (Å²) in [5.41, 5.74) is 3.02. The quantitative estimate of drug-likeness (QED) is 0.491. The fourth-order valence-corrected chi connectivity index (χ4v) is 4.61. The Hall–Kier alpha value is -2.22. The molecule has 0 radical (unpaired) electrons. The van der Waals surface area contributed by atoms with E-state index >= 15 is 0 Å². The third-order valence-corrected chi connectivity index (χ3v) is 6.71. The molecular weight excluding hydrogens is 414 g/mol. The highest BCUT2D eigenvalue weighted by atomic mass is 32.2. The van der Waals surface area contributed by atoms with Crippen LogP contribution in [0.1, 0.15) is 12.8 Å². The molecule has 7 heteroatoms. The van der Waals surface area contributed by atoms with Gasteiger partial charge in [-0.15, -0.1) is 11.8 Å². The number of H-pyrrole nitrogens is 1. The number of aromatic nitrogens is 2. The van der Waals surface area contributed by atoms with Crippen molar-refractivity contribution in [2.45, 2.75) is 28.9 Å². The van der Waals surface area contributed by atoms with Crippen LogP contribution in [-0.2, 0) is 9.53 Å². The molecule has 2 heterocycles. The summed E-state index contributed by atoms with van der Waals surface area (Å²) >= 11 is 3.17. The lowest BCUT2D eigenvalue weighted by Crippen LogP contribution is -2.32. The van der Waals surface area contributed by atoms with Gasteiger partial charge in [0.15, 0.2) is 0 Å². The van der Waals surface area contributed by atoms with Crippen molar-refractivity contribution < 1.29 is 9.53 Å². The van der Waals surface area contributed by atoms with E-state index < -0.39 is 0 Å². The summed E-state index contributed by atoms with van der Waals surface area (Å²) in [7, 11) is 0. The Balaban J connectivity index is 1.49. The third-order valence-electron chi connectivity index (χ3n) is 4.99. The minimum atomic E-state index is 0.00313. The molecular formula is C23H25N3O2S2. The van der Waals surface area contributed by atoms with Gasteiger partial charge in [0, 0.05) is 29.2 Å². The van der Waals surface area contributed by atoms with Crippen molar-refractivity contribution >= 4 is 29.4 Å². The van der Waals surface area contributed by atoms with Crippen molar-refractivity contribution in [1.29, 1.82) is 0 Å². The van der Waals surface area contributed by atoms with Crippen LogP contribution in [0.2, 0.25) is 0 Å². The normalized spacial score (nSPS) is 16.0. The van der Waals surface area contributed by atoms with Crippen LogP contribution in [0, 0.1) is 0 Å². The molecule has 2 aromatic carbocycles. The summed E-state index contributed by atoms with van der Waals surface area (Å²) in [6, 6.07) is 18.4. The van der Waals surface area contributed by atoms with E-state index in [-0.39, 0.29) is 12.0 Å². The fraction of sp³-hybridized carbons (Fsp3) is 0.304. The predicted octanol–water partition coefficient (Wildman–Crippen LogP) is 4.85. The minimum absolute atomic E-state index is 0.00313. The standard InChI is InChI=1S/C23H25N3O2S2/c1-29-19-11-9-17(10-12-19)22-25-21(16-6-3-2-4-7-16)23(26-22)30-15-20(27)24-14-18-8-5-13-28-18/h2-4,6-7,9-12,18H,5,8,13-15H2,1H3,(H,24,27)(H,25,26). The number of nitrogens with one attached hydrogen (secondary N) is 2. The number of benzene rings is 2. The molecule has 2 N–H and O–H groups in total. The number of thioether (sulfide) groups is 2. The van der Waals surface area contributed by atoms with Gasteiger partial charge in [0.2, 0.25) is 5.91 Å². The molecule has 30 heavy (non-hydrogen) atoms. The van der Waals surface area contributed by atoms with E-state index in [4.69, 9.17) is 9.72 Å². The summed E-state index contributed by atoms with van der Waals surface area (Å²) in [4.78, 5) is 21.8. The molecule has 4 rings (SSSR count). The highest BCUT2D eigenvalue weighted by molar-refractivity contribution is 8.00. The second-order valence-electron chi connectivity index (χ2n) is 7.09. The monoisotopic (exact) mass is 439 g/mol. The molecule has 1 amide bonds. The fourth-order valence-electron chi connectivity index (χ4n) is 3.37. The Kier molecular flexibility index (Phi) is 7.15. The second-order valence-corrected chi connectivity index (χ2v) is 8.93. The zero-order valence-corrected chi connectivity index (χ0v) is 18.5. The molecule has 1 aliphatic rings. The van der Waals surface area contributed by atoms with Gasteiger partial charge in [-0.25, -0.2) is 4.98 Å². The Morgan fingerprint density at radius 2 is 1.97 bits per heavy atom. The van der Waals surface area contributed by atoms with Crippen LogP contribution in [0.15, 0.2) is 64.5 Å². The average Bonchev–Trinajstić information content (AvgIpc) is 3.47. The molecule has 5 nitrogen and oxygen atoms in total. The number of carbonyl (C=O) groups excluding carboxylic acids is 1. The third kappa shape index (κ3) is 5.28. The van der Waals surface area contributed by atoms with Crippen LogP contribution in [0.5, 0.6) is 0 Å². The maximum Gasteiger partial charge on any atom is 0.230 e. The lowest BCUT2D eigenvalue weighted by atomic mass is 10.2. The number of hydrogen-bond donors (Lipinski definition) is 2. The van der Waals surface area contributed by atoms with Gasteiger partial charge in [0.1, 0.15) is 10.9 Å². The van der Waals surface area contributed by atoms with Crippen molar-refractivity contribution in [3.05, 3.63) is 54.6 Å². The van der Waals surface area contributed by atoms with E-state index in [1.807, 2.05) is 18.2 Å². The van der Waals surface area contributed by atoms with Gasteiger partial charge in [-0.3, -0.25) is 4.79 Å². The molecule has 3 aromatic rings. The zero-order valence-electron chi connectivity index (χ0n) is 16.9. The Bertz CT molecular complexity index is 968. The number of carbonyl (C=O) groups is 1. The van der Waals surface area contributed by atoms with E-state index in [2.05, 4.69) is 53.0 Å². The zero-order chi connectivity index (χ0) is 20.8. The van der Waals surface area contributed by atoms with Gasteiger partial charge in [0.25, 0.3) is 0 Å². The topological polar surface area (TPSA) is 67.0 Å². The average molecular weight is 440 g/mol. The Labute approximate surface area is 185 Å². The molecule has 1 fully saturated rings. The first-order valence-electron chi connectivity index (χ1n) is 10.0. The maximum absolute atomic E-state index is 12.3. The first-order chi connectivity index (χ1) is 14.7. The van der Waals surface area contributed by atoms with E-state index in [9.17, 15) is 4.79 Å². The van der Waals surface area contributed by atoms with E-state index in [1.165, 1.54) is 16.7 Å². The first-order valence-corrected chi connectivity index (χ1v) is 12.2. The van der Waals surface area contributed by atoms with Crippen molar-refractivity contribution in [3.8, 4) is 22.6 Å². The molecule has 0 bridgehead atoms. The maximum atomic E-state index is 12.3. The number of aromatic amines is 1. The van der Waals surface area contributed by atoms with Crippen molar-refractivity contribution in [3.63, 3.8) is 0 Å². The summed E-state index contributed by atoms with van der Waals surface area (Å²) in [5, 5.41) is 3.81.